The first-order valence-corrected chi connectivity index (χ1v) is 24.5. The molecule has 0 aromatic heterocycles. The Hall–Kier alpha value is -3.34. The van der Waals surface area contributed by atoms with Crippen molar-refractivity contribution in [1.82, 2.24) is 4.90 Å². The van der Waals surface area contributed by atoms with Crippen molar-refractivity contribution < 1.29 is 72.5 Å². The Morgan fingerprint density at radius 2 is 1.69 bits per heavy atom. The zero-order valence-corrected chi connectivity index (χ0v) is 41.8. The molecule has 3 heterocycles. The van der Waals surface area contributed by atoms with Crippen LogP contribution in [-0.4, -0.2) is 139 Å². The largest absolute Gasteiger partial charge is 0.460 e. The number of rotatable bonds is 9. The van der Waals surface area contributed by atoms with Gasteiger partial charge < -0.3 is 48.6 Å². The molecule has 0 radical (unpaired) electrons. The molecule has 3 N–H and O–H groups in total. The third kappa shape index (κ3) is 15.3. The molecular formula is C54H85NO13. The number of carbonyl (C=O) groups is 4. The molecule has 0 unspecified atom stereocenters. The van der Waals surface area contributed by atoms with E-state index in [9.17, 15) is 34.5 Å². The van der Waals surface area contributed by atoms with Gasteiger partial charge in [0.15, 0.2) is 0 Å². The van der Waals surface area contributed by atoms with Gasteiger partial charge in [-0.05, 0) is 118 Å². The number of ether oxygens (including phenoxy) is 6. The number of hydrogen-bond acceptors (Lipinski definition) is 13. The second kappa shape index (κ2) is 27.3. The lowest BCUT2D eigenvalue weighted by Gasteiger charge is -2.42. The van der Waals surface area contributed by atoms with E-state index in [2.05, 4.69) is 6.58 Å². The highest BCUT2D eigenvalue weighted by molar-refractivity contribution is 6.39. The summed E-state index contributed by atoms with van der Waals surface area (Å²) in [6, 6.07) is -1.27. The Kier molecular flexibility index (Phi) is 18.9. The second-order valence-corrected chi connectivity index (χ2v) is 19.9. The van der Waals surface area contributed by atoms with Gasteiger partial charge in [-0.2, -0.15) is 0 Å². The number of aliphatic hydroxyl groups excluding tert-OH is 1. The number of amides is 1. The van der Waals surface area contributed by atoms with Crippen molar-refractivity contribution >= 4 is 23.4 Å². The van der Waals surface area contributed by atoms with Gasteiger partial charge in [0.05, 0.1) is 47.1 Å². The highest BCUT2D eigenvalue weighted by Crippen LogP contribution is 2.38. The molecule has 1 amide bonds. The number of methoxy groups -OCH3 is 3. The number of allylic oxidation sites excluding steroid dienone is 6. The van der Waals surface area contributed by atoms with Gasteiger partial charge in [0, 0.05) is 52.5 Å². The highest BCUT2D eigenvalue weighted by atomic mass is 16.6. The highest BCUT2D eigenvalue weighted by Gasteiger charge is 2.53. The van der Waals surface area contributed by atoms with E-state index in [0.29, 0.717) is 61.7 Å². The van der Waals surface area contributed by atoms with Crippen LogP contribution in [0.4, 0.5) is 0 Å². The maximum atomic E-state index is 14.6. The van der Waals surface area contributed by atoms with Gasteiger partial charge in [-0.15, -0.1) is 0 Å². The first kappa shape index (κ1) is 47.0. The van der Waals surface area contributed by atoms with E-state index in [-0.39, 0.29) is 62.2 Å². The fourth-order valence-corrected chi connectivity index (χ4v) is 10.3. The summed E-state index contributed by atoms with van der Waals surface area (Å²) in [7, 11) is 0.0951. The number of fused-ring (bicyclic) bond motifs is 3. The minimum Gasteiger partial charge on any atom is -0.460 e. The summed E-state index contributed by atoms with van der Waals surface area (Å²) in [5, 5.41) is 33.5. The predicted octanol–water partition coefficient (Wildman–Crippen LogP) is 7.18. The van der Waals surface area contributed by atoms with Crippen molar-refractivity contribution in [2.45, 2.75) is 180 Å². The van der Waals surface area contributed by atoms with Gasteiger partial charge in [0.1, 0.15) is 30.1 Å². The summed E-state index contributed by atoms with van der Waals surface area (Å²) in [5.41, 5.74) is 1.65. The Bertz CT molecular complexity index is 2090. The van der Waals surface area contributed by atoms with E-state index in [4.69, 9.17) is 38.0 Å². The van der Waals surface area contributed by atoms with Crippen LogP contribution < -0.4 is 0 Å². The molecule has 3 fully saturated rings. The Morgan fingerprint density at radius 3 is 2.38 bits per heavy atom. The molecule has 384 valence electrons. The number of ketones is 2. The summed E-state index contributed by atoms with van der Waals surface area (Å²) in [5.74, 6) is -8.53. The monoisotopic (exact) mass is 963 g/mol. The fraction of sp³-hybridized carbons (Fsp3) is 0.741. The maximum Gasteiger partial charge on any atom is 0.329 e. The standard InChI is InChI=1S/C54H85NO13/c1-33-17-13-12-14-18-34(2)46(63-9)31-42-22-20-39(7)54(62,68-42)51(59)52(60)55-24-16-15-19-43(55)53(61)67-47(37(5)29-41-21-23-45(66-26-25-56)48(30-41)64-10)32-44(57)36(4)28-38(6)49(58)50(65-11)40(8)35(3)27-33/h12-14,17-18,28,33,35-37,39,41-43,45-50,56,58,62H,8,15-16,19-27,29-32H2,1-7,9-11H3/b14-12+,17-13+,34-18+,38-28+/t33-,35-,36-,37-,39-,41+,42+,43+,45-,46+,47+,48-,49-,50+,54-/m1/s1/i9D3,25D2,26D2. The lowest BCUT2D eigenvalue weighted by atomic mass is 9.78. The number of cyclic esters (lactones) is 1. The quantitative estimate of drug-likeness (QED) is 0.120. The first-order chi connectivity index (χ1) is 34.8. The van der Waals surface area contributed by atoms with Gasteiger partial charge in [-0.25, -0.2) is 4.79 Å². The van der Waals surface area contributed by atoms with Crippen LogP contribution in [0.1, 0.15) is 135 Å². The topological polar surface area (TPSA) is 188 Å². The lowest BCUT2D eigenvalue weighted by molar-refractivity contribution is -0.265. The summed E-state index contributed by atoms with van der Waals surface area (Å²) in [6.07, 6.45) is 7.58. The number of piperidine rings is 1. The third-order valence-corrected chi connectivity index (χ3v) is 14.8. The zero-order chi connectivity index (χ0) is 56.4. The van der Waals surface area contributed by atoms with Crippen LogP contribution in [0.2, 0.25) is 0 Å². The molecule has 1 aliphatic carbocycles. The van der Waals surface area contributed by atoms with E-state index >= 15 is 0 Å². The van der Waals surface area contributed by atoms with Gasteiger partial charge in [-0.1, -0.05) is 77.7 Å². The molecule has 0 aromatic carbocycles. The maximum absolute atomic E-state index is 14.6. The zero-order valence-electron chi connectivity index (χ0n) is 48.8. The summed E-state index contributed by atoms with van der Waals surface area (Å²) >= 11 is 0. The molecule has 14 nitrogen and oxygen atoms in total. The summed E-state index contributed by atoms with van der Waals surface area (Å²) in [6.45, 7) is 10.5. The van der Waals surface area contributed by atoms with Crippen molar-refractivity contribution in [2.24, 2.45) is 35.5 Å². The van der Waals surface area contributed by atoms with Crippen LogP contribution in [0.5, 0.6) is 0 Å². The molecule has 4 rings (SSSR count). The van der Waals surface area contributed by atoms with E-state index in [1.165, 1.54) is 14.2 Å². The Labute approximate surface area is 416 Å². The normalized spacial score (nSPS) is 41.3. The van der Waals surface area contributed by atoms with E-state index in [1.807, 2.05) is 32.9 Å². The smallest absolute Gasteiger partial charge is 0.329 e. The number of Topliss-reactive ketones (excluding diaryl/α,β-unsaturated/α-hetero) is 2. The fourth-order valence-electron chi connectivity index (χ4n) is 10.3. The Morgan fingerprint density at radius 1 is 0.941 bits per heavy atom. The van der Waals surface area contributed by atoms with Crippen molar-refractivity contribution in [3.63, 3.8) is 0 Å². The molecule has 68 heavy (non-hydrogen) atoms. The molecular weight excluding hydrogens is 871 g/mol. The average Bonchev–Trinajstić information content (AvgIpc) is 3.33. The molecule has 4 aliphatic rings. The van der Waals surface area contributed by atoms with Gasteiger partial charge in [0.2, 0.25) is 5.79 Å². The van der Waals surface area contributed by atoms with Crippen molar-refractivity contribution in [2.75, 3.05) is 40.9 Å². The van der Waals surface area contributed by atoms with Crippen LogP contribution in [0.3, 0.4) is 0 Å². The molecule has 15 atom stereocenters. The molecule has 14 heteroatoms. The molecule has 1 saturated carbocycles. The van der Waals surface area contributed by atoms with Crippen LogP contribution in [0, 0.1) is 35.5 Å². The minimum absolute atomic E-state index is 0.0198. The van der Waals surface area contributed by atoms with Gasteiger partial charge >= 0.3 is 5.97 Å². The van der Waals surface area contributed by atoms with Crippen molar-refractivity contribution in [3.05, 3.63) is 59.8 Å². The van der Waals surface area contributed by atoms with Crippen LogP contribution >= 0.6 is 0 Å². The number of carbonyl (C=O) groups excluding carboxylic acids is 4. The predicted molar refractivity (Wildman–Crippen MR) is 260 cm³/mol. The second-order valence-electron chi connectivity index (χ2n) is 19.9. The first-order valence-electron chi connectivity index (χ1n) is 28.0. The number of aliphatic hydroxyl groups is 3. The summed E-state index contributed by atoms with van der Waals surface area (Å²) < 4.78 is 89.6. The van der Waals surface area contributed by atoms with Gasteiger partial charge in [0.25, 0.3) is 11.7 Å². The van der Waals surface area contributed by atoms with E-state index < -0.39 is 110 Å². The SMILES string of the molecule is [2H]C([2H])([2H])O[C@H]1C[C@@H]2CC[C@@H](C)[C@@](O)(O2)C(=O)C(=O)N2CCCC[C@H]2C(=O)O[C@H]([C@H](C)C[C@@H]2CC[C@@H](OC([2H])([2H])C([2H])([2H])O)[C@H](OC)C2)CC(=O)[C@H](C)/C=C(\C)[C@@H](O)[C@@H](OC)C(=C)[C@H](C)C[C@H](C)/C=C/C=C/C=C/1C. The molecule has 0 spiro atoms. The lowest BCUT2D eigenvalue weighted by Crippen LogP contribution is -2.61. The third-order valence-electron chi connectivity index (χ3n) is 14.8. The van der Waals surface area contributed by atoms with E-state index in [0.717, 1.165) is 4.90 Å². The summed E-state index contributed by atoms with van der Waals surface area (Å²) in [4.78, 5) is 58.7. The Balaban J connectivity index is 1.73. The van der Waals surface area contributed by atoms with Crippen LogP contribution in [0.15, 0.2) is 59.8 Å². The number of esters is 1. The van der Waals surface area contributed by atoms with Crippen molar-refractivity contribution in [1.29, 1.82) is 0 Å². The molecule has 3 aliphatic heterocycles. The number of nitrogens with zero attached hydrogens (tertiary/aromatic N) is 1. The van der Waals surface area contributed by atoms with Crippen molar-refractivity contribution in [3.8, 4) is 0 Å². The van der Waals surface area contributed by atoms with E-state index in [1.54, 1.807) is 52.0 Å². The van der Waals surface area contributed by atoms with Crippen LogP contribution in [-0.2, 0) is 47.6 Å². The minimum atomic E-state index is -3.28. The van der Waals surface area contributed by atoms with Gasteiger partial charge in [-0.3, -0.25) is 14.4 Å². The van der Waals surface area contributed by atoms with Crippen LogP contribution in [0.25, 0.3) is 0 Å². The number of hydrogen-bond donors (Lipinski definition) is 3. The molecule has 0 aromatic rings. The molecule has 2 bridgehead atoms. The molecule has 2 saturated heterocycles. The average molecular weight is 963 g/mol.